The van der Waals surface area contributed by atoms with E-state index >= 15 is 0 Å². The number of nitrogens with one attached hydrogen (secondary N) is 6. The molecule has 1 aromatic heterocycles. The Morgan fingerprint density at radius 3 is 2.03 bits per heavy atom. The Balaban J connectivity index is 1.56. The lowest BCUT2D eigenvalue weighted by Gasteiger charge is -2.33. The van der Waals surface area contributed by atoms with E-state index in [-0.39, 0.29) is 38.0 Å². The first kappa shape index (κ1) is 51.6. The molecule has 1 aliphatic rings. The fraction of sp³-hybridized carbons (Fsp3) is 0.489. The van der Waals surface area contributed by atoms with Gasteiger partial charge in [-0.1, -0.05) is 64.4 Å². The van der Waals surface area contributed by atoms with Crippen molar-refractivity contribution in [3.05, 3.63) is 65.9 Å². The van der Waals surface area contributed by atoms with Gasteiger partial charge in [-0.2, -0.15) is 0 Å². The summed E-state index contributed by atoms with van der Waals surface area (Å²) in [5, 5.41) is 42.5. The zero-order valence-electron chi connectivity index (χ0n) is 37.4. The fourth-order valence-electron chi connectivity index (χ4n) is 7.66. The molecule has 2 heterocycles. The number of hydrogen-bond acceptors (Lipinski definition) is 11. The monoisotopic (exact) mass is 919 g/mol. The van der Waals surface area contributed by atoms with Crippen molar-refractivity contribution in [3.8, 4) is 5.75 Å². The average molecular weight is 920 g/mol. The van der Waals surface area contributed by atoms with Crippen LogP contribution in [0.2, 0.25) is 0 Å². The second kappa shape index (κ2) is 23.8. The van der Waals surface area contributed by atoms with Crippen molar-refractivity contribution in [2.45, 2.75) is 121 Å². The largest absolute Gasteiger partial charge is 0.508 e. The number of H-pyrrole nitrogens is 1. The van der Waals surface area contributed by atoms with Gasteiger partial charge in [0.2, 0.25) is 41.4 Å². The quantitative estimate of drug-likeness (QED) is 0.0561. The molecule has 13 N–H and O–H groups in total. The number of phenols is 1. The Bertz CT molecular complexity index is 2250. The van der Waals surface area contributed by atoms with E-state index in [9.17, 15) is 58.5 Å². The number of carboxylic acids is 2. The molecule has 0 aliphatic carbocycles. The van der Waals surface area contributed by atoms with Crippen LogP contribution in [0.1, 0.15) is 77.3 Å². The predicted molar refractivity (Wildman–Crippen MR) is 239 cm³/mol. The first-order chi connectivity index (χ1) is 31.2. The minimum atomic E-state index is -1.57. The van der Waals surface area contributed by atoms with Crippen LogP contribution in [0.3, 0.4) is 0 Å². The number of para-hydroxylation sites is 1. The molecule has 0 saturated carbocycles. The van der Waals surface area contributed by atoms with Crippen molar-refractivity contribution in [1.82, 2.24) is 36.5 Å². The molecular formula is C45H61N9O12. The smallest absolute Gasteiger partial charge is 0.326 e. The highest BCUT2D eigenvalue weighted by Gasteiger charge is 2.42. The number of rotatable bonds is 24. The Morgan fingerprint density at radius 2 is 1.41 bits per heavy atom. The second-order valence-corrected chi connectivity index (χ2v) is 17.0. The molecule has 358 valence electrons. The van der Waals surface area contributed by atoms with Crippen LogP contribution >= 0.6 is 0 Å². The van der Waals surface area contributed by atoms with Crippen LogP contribution < -0.4 is 38.1 Å². The van der Waals surface area contributed by atoms with E-state index in [1.54, 1.807) is 33.9 Å². The number of aromatic hydroxyl groups is 1. The van der Waals surface area contributed by atoms with E-state index in [2.05, 4.69) is 31.6 Å². The topological polar surface area (TPSA) is 346 Å². The lowest BCUT2D eigenvalue weighted by molar-refractivity contribution is -0.145. The standard InChI is InChI=1S/C45H61N9O12/c1-5-24(4)38(44(64)54-18-8-11-34(54)43(63)51-33(21-35(47)56)42(62)52-37(23(2)3)45(65)66)53-41(61)32(19-25-12-14-27(55)15-13-25)50-40(60)31(16-17-36(57)58)49-39(59)29(46)20-26-22-48-30-10-7-6-9-28(26)30/h6-7,9-10,12-15,22-24,29,31-34,37-38,48,55H,5,8,11,16-21,46H2,1-4H3,(H2,47,56)(H,49,59)(H,50,60)(H,51,63)(H,52,62)(H,53,61)(H,57,58)(H,65,66). The average Bonchev–Trinajstić information content (AvgIpc) is 3.93. The van der Waals surface area contributed by atoms with Crippen LogP contribution in [0.15, 0.2) is 54.7 Å². The number of fused-ring (bicyclic) bond motifs is 1. The molecule has 3 aromatic rings. The van der Waals surface area contributed by atoms with Crippen molar-refractivity contribution in [1.29, 1.82) is 0 Å². The molecule has 0 bridgehead atoms. The van der Waals surface area contributed by atoms with Gasteiger partial charge in [-0.05, 0) is 66.8 Å². The molecular weight excluding hydrogens is 859 g/mol. The van der Waals surface area contributed by atoms with Crippen molar-refractivity contribution in [3.63, 3.8) is 0 Å². The number of carbonyl (C=O) groups is 9. The Morgan fingerprint density at radius 1 is 0.788 bits per heavy atom. The Hall–Kier alpha value is -7.03. The van der Waals surface area contributed by atoms with Crippen LogP contribution in [-0.2, 0) is 56.0 Å². The van der Waals surface area contributed by atoms with E-state index in [0.717, 1.165) is 16.5 Å². The number of phenolic OH excluding ortho intramolecular Hbond substituents is 1. The summed E-state index contributed by atoms with van der Waals surface area (Å²) < 4.78 is 0. The van der Waals surface area contributed by atoms with Crippen molar-refractivity contribution < 1.29 is 58.5 Å². The van der Waals surface area contributed by atoms with Crippen molar-refractivity contribution >= 4 is 64.2 Å². The predicted octanol–water partition coefficient (Wildman–Crippen LogP) is -0.0721. The number of amides is 7. The minimum absolute atomic E-state index is 0.0713. The number of benzene rings is 2. The van der Waals surface area contributed by atoms with Crippen LogP contribution in [0, 0.1) is 11.8 Å². The zero-order chi connectivity index (χ0) is 48.8. The Labute approximate surface area is 381 Å². The molecule has 66 heavy (non-hydrogen) atoms. The number of nitrogens with two attached hydrogens (primary N) is 2. The number of hydrogen-bond donors (Lipinski definition) is 11. The summed E-state index contributed by atoms with van der Waals surface area (Å²) in [6, 6.07) is 3.74. The van der Waals surface area contributed by atoms with Crippen molar-refractivity contribution in [2.75, 3.05) is 6.54 Å². The van der Waals surface area contributed by atoms with Gasteiger partial charge in [0.15, 0.2) is 0 Å². The summed E-state index contributed by atoms with van der Waals surface area (Å²) in [5.74, 6) is -9.67. The molecule has 1 aliphatic heterocycles. The number of nitrogens with zero attached hydrogens (tertiary/aromatic N) is 1. The van der Waals surface area contributed by atoms with Gasteiger partial charge in [-0.3, -0.25) is 38.4 Å². The van der Waals surface area contributed by atoms with E-state index < -0.39 is 120 Å². The minimum Gasteiger partial charge on any atom is -0.508 e. The van der Waals surface area contributed by atoms with Gasteiger partial charge < -0.3 is 63.3 Å². The molecule has 1 saturated heterocycles. The molecule has 7 amide bonds. The summed E-state index contributed by atoms with van der Waals surface area (Å²) in [6.45, 7) is 6.65. The van der Waals surface area contributed by atoms with E-state index in [1.165, 1.54) is 29.2 Å². The number of carbonyl (C=O) groups excluding carboxylic acids is 7. The summed E-state index contributed by atoms with van der Waals surface area (Å²) >= 11 is 0. The number of carboxylic acid groups (broad SMARTS) is 2. The highest BCUT2D eigenvalue weighted by molar-refractivity contribution is 5.98. The lowest BCUT2D eigenvalue weighted by atomic mass is 9.96. The summed E-state index contributed by atoms with van der Waals surface area (Å²) in [5.41, 5.74) is 13.7. The number of aromatic nitrogens is 1. The van der Waals surface area contributed by atoms with Gasteiger partial charge in [0.25, 0.3) is 0 Å². The summed E-state index contributed by atoms with van der Waals surface area (Å²) in [6.07, 6.45) is 0.890. The lowest BCUT2D eigenvalue weighted by Crippen LogP contribution is -2.61. The van der Waals surface area contributed by atoms with E-state index in [4.69, 9.17) is 11.5 Å². The molecule has 21 nitrogen and oxygen atoms in total. The van der Waals surface area contributed by atoms with E-state index in [0.29, 0.717) is 18.4 Å². The summed E-state index contributed by atoms with van der Waals surface area (Å²) in [7, 11) is 0. The molecule has 0 radical (unpaired) electrons. The van der Waals surface area contributed by atoms with Crippen LogP contribution in [-0.4, -0.2) is 127 Å². The van der Waals surface area contributed by atoms with Crippen LogP contribution in [0.4, 0.5) is 0 Å². The third-order valence-electron chi connectivity index (χ3n) is 11.6. The molecule has 2 aromatic carbocycles. The highest BCUT2D eigenvalue weighted by Crippen LogP contribution is 2.23. The molecule has 0 spiro atoms. The SMILES string of the molecule is CCC(C)C(NC(=O)C(Cc1ccc(O)cc1)NC(=O)C(CCC(=O)O)NC(=O)C(N)Cc1c[nH]c2ccccc12)C(=O)N1CCCC1C(=O)NC(CC(N)=O)C(=O)NC(C(=O)O)C(C)C. The third kappa shape index (κ3) is 14.2. The second-order valence-electron chi connectivity index (χ2n) is 17.0. The van der Waals surface area contributed by atoms with Crippen LogP contribution in [0.5, 0.6) is 5.75 Å². The zero-order valence-corrected chi connectivity index (χ0v) is 37.4. The molecule has 4 rings (SSSR count). The van der Waals surface area contributed by atoms with Crippen molar-refractivity contribution in [2.24, 2.45) is 23.3 Å². The number of aromatic amines is 1. The van der Waals surface area contributed by atoms with Gasteiger partial charge in [-0.25, -0.2) is 4.79 Å². The maximum Gasteiger partial charge on any atom is 0.326 e. The van der Waals surface area contributed by atoms with Gasteiger partial charge in [0.1, 0.15) is 42.0 Å². The highest BCUT2D eigenvalue weighted by atomic mass is 16.4. The van der Waals surface area contributed by atoms with Gasteiger partial charge >= 0.3 is 11.9 Å². The fourth-order valence-corrected chi connectivity index (χ4v) is 7.66. The summed E-state index contributed by atoms with van der Waals surface area (Å²) in [4.78, 5) is 123. The molecule has 8 unspecified atom stereocenters. The maximum absolute atomic E-state index is 14.4. The van der Waals surface area contributed by atoms with Gasteiger partial charge in [0, 0.05) is 36.5 Å². The number of aliphatic carboxylic acids is 2. The Kier molecular flexibility index (Phi) is 18.6. The number of likely N-dealkylation sites (tertiary alicyclic amines) is 1. The molecule has 1 fully saturated rings. The van der Waals surface area contributed by atoms with Gasteiger partial charge in [0.05, 0.1) is 12.5 Å². The molecule has 21 heteroatoms. The normalized spacial score (nSPS) is 16.8. The first-order valence-electron chi connectivity index (χ1n) is 21.8. The van der Waals surface area contributed by atoms with Gasteiger partial charge in [-0.15, -0.1) is 0 Å². The number of primary amides is 1. The first-order valence-corrected chi connectivity index (χ1v) is 21.8. The van der Waals surface area contributed by atoms with Crippen LogP contribution in [0.25, 0.3) is 10.9 Å². The third-order valence-corrected chi connectivity index (χ3v) is 11.6. The molecule has 8 atom stereocenters. The van der Waals surface area contributed by atoms with E-state index in [1.807, 2.05) is 24.3 Å². The maximum atomic E-state index is 14.4.